The van der Waals surface area contributed by atoms with Crippen LogP contribution in [0.4, 0.5) is 10.5 Å². The quantitative estimate of drug-likeness (QED) is 0.856. The van der Waals surface area contributed by atoms with Crippen molar-refractivity contribution in [1.82, 2.24) is 15.1 Å². The van der Waals surface area contributed by atoms with Crippen LogP contribution in [0.1, 0.15) is 22.7 Å². The summed E-state index contributed by atoms with van der Waals surface area (Å²) in [6, 6.07) is 15.6. The molecule has 3 rings (SSSR count). The highest BCUT2D eigenvalue weighted by Gasteiger charge is 2.28. The van der Waals surface area contributed by atoms with E-state index >= 15 is 0 Å². The van der Waals surface area contributed by atoms with E-state index in [-0.39, 0.29) is 18.5 Å². The van der Waals surface area contributed by atoms with Crippen molar-refractivity contribution in [3.63, 3.8) is 0 Å². The molecular formula is C22H28N4O2. The molecule has 0 radical (unpaired) electrons. The highest BCUT2D eigenvalue weighted by molar-refractivity contribution is 6.02. The SMILES string of the molecule is Cc1ccc(NC(=O)NC(=O)CN2CCN(C)CC2c2ccccc2)c(C)c1. The normalized spacial score (nSPS) is 17.9. The smallest absolute Gasteiger partial charge is 0.307 e. The van der Waals surface area contributed by atoms with Gasteiger partial charge in [-0.25, -0.2) is 4.79 Å². The summed E-state index contributed by atoms with van der Waals surface area (Å²) < 4.78 is 0. The predicted molar refractivity (Wildman–Crippen MR) is 111 cm³/mol. The molecule has 2 aromatic rings. The Hall–Kier alpha value is -2.70. The number of likely N-dealkylation sites (N-methyl/N-ethyl adjacent to an activating group) is 1. The minimum atomic E-state index is -0.498. The molecule has 148 valence electrons. The largest absolute Gasteiger partial charge is 0.325 e. The molecule has 0 aliphatic carbocycles. The zero-order chi connectivity index (χ0) is 20.1. The molecular weight excluding hydrogens is 352 g/mol. The van der Waals surface area contributed by atoms with E-state index in [1.165, 1.54) is 5.56 Å². The Kier molecular flexibility index (Phi) is 6.44. The van der Waals surface area contributed by atoms with Crippen LogP contribution in [0.5, 0.6) is 0 Å². The van der Waals surface area contributed by atoms with Crippen molar-refractivity contribution in [1.29, 1.82) is 0 Å². The minimum absolute atomic E-state index is 0.133. The Bertz CT molecular complexity index is 838. The highest BCUT2D eigenvalue weighted by atomic mass is 16.2. The molecule has 2 aromatic carbocycles. The van der Waals surface area contributed by atoms with Gasteiger partial charge in [0, 0.05) is 31.4 Å². The number of anilines is 1. The van der Waals surface area contributed by atoms with E-state index in [0.29, 0.717) is 5.69 Å². The van der Waals surface area contributed by atoms with Crippen LogP contribution in [0.15, 0.2) is 48.5 Å². The maximum absolute atomic E-state index is 12.5. The first-order valence-electron chi connectivity index (χ1n) is 9.58. The van der Waals surface area contributed by atoms with Gasteiger partial charge in [0.2, 0.25) is 5.91 Å². The minimum Gasteiger partial charge on any atom is -0.307 e. The lowest BCUT2D eigenvalue weighted by Gasteiger charge is -2.39. The van der Waals surface area contributed by atoms with E-state index in [1.807, 2.05) is 50.2 Å². The van der Waals surface area contributed by atoms with E-state index < -0.39 is 6.03 Å². The summed E-state index contributed by atoms with van der Waals surface area (Å²) in [7, 11) is 2.09. The number of aryl methyl sites for hydroxylation is 2. The van der Waals surface area contributed by atoms with Crippen molar-refractivity contribution in [2.75, 3.05) is 38.5 Å². The van der Waals surface area contributed by atoms with E-state index in [0.717, 1.165) is 30.8 Å². The summed E-state index contributed by atoms with van der Waals surface area (Å²) in [6.45, 7) is 6.64. The third-order valence-electron chi connectivity index (χ3n) is 5.11. The zero-order valence-corrected chi connectivity index (χ0v) is 16.7. The Morgan fingerprint density at radius 3 is 2.54 bits per heavy atom. The van der Waals surface area contributed by atoms with Crippen LogP contribution in [0.3, 0.4) is 0 Å². The van der Waals surface area contributed by atoms with Crippen LogP contribution < -0.4 is 10.6 Å². The van der Waals surface area contributed by atoms with Crippen molar-refractivity contribution in [2.24, 2.45) is 0 Å². The van der Waals surface area contributed by atoms with Gasteiger partial charge in [-0.3, -0.25) is 15.0 Å². The molecule has 0 spiro atoms. The second-order valence-electron chi connectivity index (χ2n) is 7.48. The molecule has 0 bridgehead atoms. The molecule has 3 amide bonds. The van der Waals surface area contributed by atoms with Gasteiger partial charge in [-0.15, -0.1) is 0 Å². The van der Waals surface area contributed by atoms with Crippen LogP contribution in [-0.2, 0) is 4.79 Å². The van der Waals surface area contributed by atoms with Gasteiger partial charge in [-0.2, -0.15) is 0 Å². The maximum Gasteiger partial charge on any atom is 0.325 e. The summed E-state index contributed by atoms with van der Waals surface area (Å²) in [5.74, 6) is -0.298. The predicted octanol–water partition coefficient (Wildman–Crippen LogP) is 2.94. The van der Waals surface area contributed by atoms with Gasteiger partial charge < -0.3 is 10.2 Å². The van der Waals surface area contributed by atoms with Gasteiger partial charge in [0.15, 0.2) is 0 Å². The third kappa shape index (κ3) is 5.18. The van der Waals surface area contributed by atoms with Gasteiger partial charge in [0.25, 0.3) is 0 Å². The monoisotopic (exact) mass is 380 g/mol. The molecule has 1 atom stereocenters. The molecule has 1 unspecified atom stereocenters. The van der Waals surface area contributed by atoms with Crippen molar-refractivity contribution in [2.45, 2.75) is 19.9 Å². The molecule has 28 heavy (non-hydrogen) atoms. The number of urea groups is 1. The van der Waals surface area contributed by atoms with Gasteiger partial charge in [-0.05, 0) is 38.1 Å². The van der Waals surface area contributed by atoms with Crippen molar-refractivity contribution < 1.29 is 9.59 Å². The van der Waals surface area contributed by atoms with E-state index in [4.69, 9.17) is 0 Å². The number of nitrogens with one attached hydrogen (secondary N) is 2. The lowest BCUT2D eigenvalue weighted by Crippen LogP contribution is -2.51. The van der Waals surface area contributed by atoms with Crippen LogP contribution in [-0.4, -0.2) is 55.0 Å². The molecule has 1 heterocycles. The fourth-order valence-corrected chi connectivity index (χ4v) is 3.60. The summed E-state index contributed by atoms with van der Waals surface area (Å²) in [5.41, 5.74) is 3.98. The number of nitrogens with zero attached hydrogens (tertiary/aromatic N) is 2. The average Bonchev–Trinajstić information content (AvgIpc) is 2.66. The Balaban J connectivity index is 1.60. The van der Waals surface area contributed by atoms with Gasteiger partial charge >= 0.3 is 6.03 Å². The second kappa shape index (κ2) is 8.99. The summed E-state index contributed by atoms with van der Waals surface area (Å²) in [4.78, 5) is 29.1. The highest BCUT2D eigenvalue weighted by Crippen LogP contribution is 2.24. The van der Waals surface area contributed by atoms with Gasteiger partial charge in [0.05, 0.1) is 6.54 Å². The number of carbonyl (C=O) groups is 2. The van der Waals surface area contributed by atoms with E-state index in [1.54, 1.807) is 0 Å². The maximum atomic E-state index is 12.5. The number of hydrogen-bond acceptors (Lipinski definition) is 4. The van der Waals surface area contributed by atoms with Crippen LogP contribution in [0, 0.1) is 13.8 Å². The molecule has 0 saturated carbocycles. The number of amides is 3. The fraction of sp³-hybridized carbons (Fsp3) is 0.364. The second-order valence-corrected chi connectivity index (χ2v) is 7.48. The third-order valence-corrected chi connectivity index (χ3v) is 5.11. The summed E-state index contributed by atoms with van der Waals surface area (Å²) in [6.07, 6.45) is 0. The Labute approximate surface area is 166 Å². The number of imide groups is 1. The zero-order valence-electron chi connectivity index (χ0n) is 16.7. The number of piperazine rings is 1. The molecule has 1 aliphatic rings. The molecule has 6 heteroatoms. The Morgan fingerprint density at radius 1 is 1.07 bits per heavy atom. The summed E-state index contributed by atoms with van der Waals surface area (Å²) >= 11 is 0. The lowest BCUT2D eigenvalue weighted by molar-refractivity contribution is -0.122. The number of rotatable bonds is 4. The van der Waals surface area contributed by atoms with Crippen LogP contribution >= 0.6 is 0 Å². The Morgan fingerprint density at radius 2 is 1.82 bits per heavy atom. The molecule has 1 aliphatic heterocycles. The average molecular weight is 380 g/mol. The van der Waals surface area contributed by atoms with E-state index in [9.17, 15) is 9.59 Å². The van der Waals surface area contributed by atoms with Crippen molar-refractivity contribution in [3.05, 3.63) is 65.2 Å². The first kappa shape index (κ1) is 20.0. The number of hydrogen-bond donors (Lipinski definition) is 2. The number of carbonyl (C=O) groups excluding carboxylic acids is 2. The number of benzene rings is 2. The van der Waals surface area contributed by atoms with Gasteiger partial charge in [-0.1, -0.05) is 48.0 Å². The molecule has 1 fully saturated rings. The lowest BCUT2D eigenvalue weighted by atomic mass is 10.0. The topological polar surface area (TPSA) is 64.7 Å². The molecule has 1 saturated heterocycles. The molecule has 2 N–H and O–H groups in total. The fourth-order valence-electron chi connectivity index (χ4n) is 3.60. The van der Waals surface area contributed by atoms with Crippen LogP contribution in [0.2, 0.25) is 0 Å². The van der Waals surface area contributed by atoms with Gasteiger partial charge in [0.1, 0.15) is 0 Å². The summed E-state index contributed by atoms with van der Waals surface area (Å²) in [5, 5.41) is 5.21. The van der Waals surface area contributed by atoms with E-state index in [2.05, 4.69) is 39.6 Å². The van der Waals surface area contributed by atoms with Crippen molar-refractivity contribution in [3.8, 4) is 0 Å². The first-order chi connectivity index (χ1) is 13.4. The molecule has 0 aromatic heterocycles. The van der Waals surface area contributed by atoms with Crippen LogP contribution in [0.25, 0.3) is 0 Å². The first-order valence-corrected chi connectivity index (χ1v) is 9.58. The van der Waals surface area contributed by atoms with Crippen molar-refractivity contribution >= 4 is 17.6 Å². The standard InChI is InChI=1S/C22H28N4O2/c1-16-9-10-19(17(2)13-16)23-22(28)24-21(27)15-26-12-11-25(3)14-20(26)18-7-5-4-6-8-18/h4-10,13,20H,11-12,14-15H2,1-3H3,(H2,23,24,27,28). The molecule has 6 nitrogen and oxygen atoms in total.